The smallest absolute Gasteiger partial charge is 0.348 e. The quantitative estimate of drug-likeness (QED) is 0.877. The van der Waals surface area contributed by atoms with Gasteiger partial charge in [0.1, 0.15) is 4.88 Å². The first-order valence-electron chi connectivity index (χ1n) is 4.57. The van der Waals surface area contributed by atoms with Gasteiger partial charge in [-0.2, -0.15) is 0 Å². The molecule has 2 rings (SSSR count). The van der Waals surface area contributed by atoms with Crippen LogP contribution in [0.3, 0.4) is 0 Å². The van der Waals surface area contributed by atoms with E-state index < -0.39 is 5.97 Å². The third-order valence-electron chi connectivity index (χ3n) is 2.15. The molecule has 0 unspecified atom stereocenters. The molecule has 0 bridgehead atoms. The summed E-state index contributed by atoms with van der Waals surface area (Å²) in [6.45, 7) is 0. The molecule has 3 nitrogen and oxygen atoms in total. The van der Waals surface area contributed by atoms with E-state index in [1.54, 1.807) is 24.3 Å². The average Bonchev–Trinajstić information content (AvgIpc) is 2.64. The summed E-state index contributed by atoms with van der Waals surface area (Å²) in [6.07, 6.45) is 0. The van der Waals surface area contributed by atoms with Crippen molar-refractivity contribution in [2.75, 3.05) is 5.73 Å². The zero-order valence-corrected chi connectivity index (χ0v) is 10.7. The minimum absolute atomic E-state index is 0.107. The topological polar surface area (TPSA) is 63.3 Å². The van der Waals surface area contributed by atoms with Gasteiger partial charge in [0.25, 0.3) is 0 Å². The van der Waals surface area contributed by atoms with Crippen LogP contribution in [0.1, 0.15) is 9.67 Å². The number of thiophene rings is 1. The molecule has 0 atom stereocenters. The van der Waals surface area contributed by atoms with Crippen LogP contribution in [0.4, 0.5) is 5.69 Å². The maximum atomic E-state index is 10.9. The summed E-state index contributed by atoms with van der Waals surface area (Å²) in [5.74, 6) is -1.04. The van der Waals surface area contributed by atoms with E-state index in [9.17, 15) is 4.79 Å². The van der Waals surface area contributed by atoms with Gasteiger partial charge in [-0.3, -0.25) is 0 Å². The molecule has 88 valence electrons. The van der Waals surface area contributed by atoms with Gasteiger partial charge >= 0.3 is 5.97 Å². The Morgan fingerprint density at radius 2 is 2.00 bits per heavy atom. The fourth-order valence-electron chi connectivity index (χ4n) is 1.39. The number of carboxylic acids is 1. The Morgan fingerprint density at radius 3 is 2.59 bits per heavy atom. The van der Waals surface area contributed by atoms with Crippen LogP contribution in [0.2, 0.25) is 10.0 Å². The molecule has 0 amide bonds. The van der Waals surface area contributed by atoms with Gasteiger partial charge in [0.15, 0.2) is 0 Å². The lowest BCUT2D eigenvalue weighted by Gasteiger charge is -2.01. The first-order chi connectivity index (χ1) is 7.99. The van der Waals surface area contributed by atoms with Crippen molar-refractivity contribution in [1.29, 1.82) is 0 Å². The SMILES string of the molecule is Nc1cc(-c2cc(Cl)ccc2Cl)sc1C(=O)O. The number of carboxylic acid groups (broad SMARTS) is 1. The number of nitrogen functional groups attached to an aromatic ring is 1. The summed E-state index contributed by atoms with van der Waals surface area (Å²) in [5, 5.41) is 9.96. The van der Waals surface area contributed by atoms with Gasteiger partial charge in [-0.25, -0.2) is 4.79 Å². The maximum absolute atomic E-state index is 10.9. The molecule has 0 radical (unpaired) electrons. The van der Waals surface area contributed by atoms with E-state index in [0.717, 1.165) is 11.3 Å². The Hall–Kier alpha value is -1.23. The van der Waals surface area contributed by atoms with Crippen molar-refractivity contribution in [3.63, 3.8) is 0 Å². The number of hydrogen-bond acceptors (Lipinski definition) is 3. The van der Waals surface area contributed by atoms with Gasteiger partial charge in [-0.15, -0.1) is 11.3 Å². The minimum atomic E-state index is -1.04. The van der Waals surface area contributed by atoms with Crippen molar-refractivity contribution < 1.29 is 9.90 Å². The molecule has 0 spiro atoms. The lowest BCUT2D eigenvalue weighted by molar-refractivity contribution is 0.0703. The van der Waals surface area contributed by atoms with Crippen LogP contribution in [-0.2, 0) is 0 Å². The summed E-state index contributed by atoms with van der Waals surface area (Å²) < 4.78 is 0. The van der Waals surface area contributed by atoms with Crippen LogP contribution < -0.4 is 5.73 Å². The summed E-state index contributed by atoms with van der Waals surface area (Å²) in [7, 11) is 0. The molecular formula is C11H7Cl2NO2S. The number of halogens is 2. The number of anilines is 1. The number of nitrogens with two attached hydrogens (primary N) is 1. The first kappa shape index (κ1) is 12.2. The number of rotatable bonds is 2. The normalized spacial score (nSPS) is 10.5. The van der Waals surface area contributed by atoms with Gasteiger partial charge < -0.3 is 10.8 Å². The van der Waals surface area contributed by atoms with Gasteiger partial charge in [0, 0.05) is 20.5 Å². The Labute approximate surface area is 111 Å². The largest absolute Gasteiger partial charge is 0.477 e. The summed E-state index contributed by atoms with van der Waals surface area (Å²) in [5.41, 5.74) is 6.54. The van der Waals surface area contributed by atoms with E-state index in [2.05, 4.69) is 0 Å². The van der Waals surface area contributed by atoms with Crippen molar-refractivity contribution in [3.8, 4) is 10.4 Å². The maximum Gasteiger partial charge on any atom is 0.348 e. The fraction of sp³-hybridized carbons (Fsp3) is 0. The van der Waals surface area contributed by atoms with Crippen molar-refractivity contribution in [2.24, 2.45) is 0 Å². The highest BCUT2D eigenvalue weighted by molar-refractivity contribution is 7.18. The molecule has 3 N–H and O–H groups in total. The number of carbonyl (C=O) groups is 1. The molecule has 0 aliphatic carbocycles. The summed E-state index contributed by atoms with van der Waals surface area (Å²) in [4.78, 5) is 11.7. The molecule has 0 saturated carbocycles. The Kier molecular flexibility index (Phi) is 3.28. The molecule has 0 saturated heterocycles. The molecule has 0 aliphatic rings. The molecule has 1 heterocycles. The molecule has 1 aromatic carbocycles. The first-order valence-corrected chi connectivity index (χ1v) is 6.14. The molecule has 2 aromatic rings. The molecular weight excluding hydrogens is 281 g/mol. The van der Waals surface area contributed by atoms with Crippen molar-refractivity contribution in [1.82, 2.24) is 0 Å². The van der Waals surface area contributed by atoms with E-state index in [1.165, 1.54) is 0 Å². The zero-order valence-electron chi connectivity index (χ0n) is 8.41. The number of aromatic carboxylic acids is 1. The van der Waals surface area contributed by atoms with E-state index in [-0.39, 0.29) is 10.6 Å². The third-order valence-corrected chi connectivity index (χ3v) is 3.89. The molecule has 6 heteroatoms. The predicted octanol–water partition coefficient (Wildman–Crippen LogP) is 4.00. The van der Waals surface area contributed by atoms with Crippen LogP contribution in [0, 0.1) is 0 Å². The van der Waals surface area contributed by atoms with E-state index in [0.29, 0.717) is 20.5 Å². The summed E-state index contributed by atoms with van der Waals surface area (Å²) in [6, 6.07) is 6.60. The Bertz CT molecular complexity index is 595. The predicted molar refractivity (Wildman–Crippen MR) is 71.1 cm³/mol. The van der Waals surface area contributed by atoms with Crippen LogP contribution in [0.25, 0.3) is 10.4 Å². The van der Waals surface area contributed by atoms with E-state index >= 15 is 0 Å². The minimum Gasteiger partial charge on any atom is -0.477 e. The van der Waals surface area contributed by atoms with Crippen LogP contribution in [-0.4, -0.2) is 11.1 Å². The van der Waals surface area contributed by atoms with Crippen molar-refractivity contribution in [2.45, 2.75) is 0 Å². The van der Waals surface area contributed by atoms with E-state index in [1.807, 2.05) is 0 Å². The number of hydrogen-bond donors (Lipinski definition) is 2. The summed E-state index contributed by atoms with van der Waals surface area (Å²) >= 11 is 13.0. The van der Waals surface area contributed by atoms with Gasteiger partial charge in [0.2, 0.25) is 0 Å². The zero-order chi connectivity index (χ0) is 12.6. The number of benzene rings is 1. The fourth-order valence-corrected chi connectivity index (χ4v) is 2.79. The molecule has 17 heavy (non-hydrogen) atoms. The Morgan fingerprint density at radius 1 is 1.29 bits per heavy atom. The van der Waals surface area contributed by atoms with Gasteiger partial charge in [0.05, 0.1) is 5.69 Å². The highest BCUT2D eigenvalue weighted by Crippen LogP contribution is 2.38. The lowest BCUT2D eigenvalue weighted by Crippen LogP contribution is -1.96. The molecule has 0 fully saturated rings. The van der Waals surface area contributed by atoms with Gasteiger partial charge in [-0.1, -0.05) is 23.2 Å². The third kappa shape index (κ3) is 2.39. The second kappa shape index (κ2) is 4.56. The van der Waals surface area contributed by atoms with Crippen LogP contribution in [0.15, 0.2) is 24.3 Å². The second-order valence-corrected chi connectivity index (χ2v) is 5.22. The second-order valence-electron chi connectivity index (χ2n) is 3.32. The van der Waals surface area contributed by atoms with Gasteiger partial charge in [-0.05, 0) is 24.3 Å². The van der Waals surface area contributed by atoms with Crippen LogP contribution in [0.5, 0.6) is 0 Å². The van der Waals surface area contributed by atoms with E-state index in [4.69, 9.17) is 34.0 Å². The molecule has 0 aliphatic heterocycles. The standard InChI is InChI=1S/C11H7Cl2NO2S/c12-5-1-2-7(13)6(3-5)9-4-8(14)10(17-9)11(15)16/h1-4H,14H2,(H,15,16). The average molecular weight is 288 g/mol. The van der Waals surface area contributed by atoms with Crippen molar-refractivity contribution >= 4 is 46.2 Å². The highest BCUT2D eigenvalue weighted by atomic mass is 35.5. The van der Waals surface area contributed by atoms with Crippen LogP contribution >= 0.6 is 34.5 Å². The highest BCUT2D eigenvalue weighted by Gasteiger charge is 2.15. The Balaban J connectivity index is 2.57. The molecule has 1 aromatic heterocycles. The monoisotopic (exact) mass is 287 g/mol. The van der Waals surface area contributed by atoms with Crippen molar-refractivity contribution in [3.05, 3.63) is 39.2 Å². The lowest BCUT2D eigenvalue weighted by atomic mass is 10.2.